The lowest BCUT2D eigenvalue weighted by Gasteiger charge is -2.01. The molecule has 1 aromatic rings. The van der Waals surface area contributed by atoms with Crippen molar-refractivity contribution in [2.75, 3.05) is 0 Å². The summed E-state index contributed by atoms with van der Waals surface area (Å²) in [5.74, 6) is -2.39. The molecule has 1 rings (SSSR count). The molecule has 0 aromatic heterocycles. The lowest BCUT2D eigenvalue weighted by Crippen LogP contribution is -2.14. The van der Waals surface area contributed by atoms with Gasteiger partial charge in [-0.05, 0) is 24.6 Å². The second-order valence-corrected chi connectivity index (χ2v) is 2.45. The van der Waals surface area contributed by atoms with Crippen LogP contribution in [0.1, 0.15) is 29.8 Å². The number of amides is 1. The normalized spacial score (nSPS) is 8.93. The highest BCUT2D eigenvalue weighted by atomic mass is 19.1. The van der Waals surface area contributed by atoms with E-state index >= 15 is 0 Å². The molecular weight excluding hydrogens is 188 g/mol. The molecule has 0 aliphatic rings. The fourth-order valence-electron chi connectivity index (χ4n) is 0.905. The third kappa shape index (κ3) is 2.80. The summed E-state index contributed by atoms with van der Waals surface area (Å²) in [6.45, 7) is 5.37. The summed E-state index contributed by atoms with van der Waals surface area (Å²) in [6.07, 6.45) is 0. The minimum atomic E-state index is -0.963. The minimum absolute atomic E-state index is 0.0730. The number of rotatable bonds is 1. The van der Waals surface area contributed by atoms with Gasteiger partial charge in [0.05, 0.1) is 5.56 Å². The average Bonchev–Trinajstić information content (AvgIpc) is 2.14. The number of carbonyl (C=O) groups is 1. The van der Waals surface area contributed by atoms with Gasteiger partial charge >= 0.3 is 0 Å². The number of primary amides is 1. The van der Waals surface area contributed by atoms with Crippen LogP contribution in [0.25, 0.3) is 0 Å². The van der Waals surface area contributed by atoms with E-state index < -0.39 is 23.1 Å². The number of carbonyl (C=O) groups excluding carboxylic acids is 1. The number of nitrogens with two attached hydrogens (primary N) is 1. The van der Waals surface area contributed by atoms with Crippen molar-refractivity contribution in [1.29, 1.82) is 0 Å². The quantitative estimate of drug-likeness (QED) is 0.744. The number of aryl methyl sites for hydroxylation is 1. The van der Waals surface area contributed by atoms with Crippen molar-refractivity contribution in [2.24, 2.45) is 5.73 Å². The molecule has 78 valence electrons. The fourth-order valence-corrected chi connectivity index (χ4v) is 0.905. The van der Waals surface area contributed by atoms with Gasteiger partial charge in [0.25, 0.3) is 5.91 Å². The van der Waals surface area contributed by atoms with Gasteiger partial charge in [0.1, 0.15) is 11.6 Å². The predicted octanol–water partition coefficient (Wildman–Crippen LogP) is 2.40. The Morgan fingerprint density at radius 1 is 1.29 bits per heavy atom. The number of benzene rings is 1. The van der Waals surface area contributed by atoms with Crippen molar-refractivity contribution in [2.45, 2.75) is 20.8 Å². The molecule has 14 heavy (non-hydrogen) atoms. The van der Waals surface area contributed by atoms with Gasteiger partial charge in [-0.1, -0.05) is 13.8 Å². The van der Waals surface area contributed by atoms with E-state index in [0.717, 1.165) is 12.1 Å². The van der Waals surface area contributed by atoms with Crippen molar-refractivity contribution in [3.63, 3.8) is 0 Å². The van der Waals surface area contributed by atoms with Crippen LogP contribution in [-0.4, -0.2) is 5.91 Å². The smallest absolute Gasteiger partial charge is 0.251 e. The highest BCUT2D eigenvalue weighted by molar-refractivity contribution is 5.93. The molecule has 2 nitrogen and oxygen atoms in total. The largest absolute Gasteiger partial charge is 0.366 e. The number of hydrogen-bond donors (Lipinski definition) is 1. The molecule has 4 heteroatoms. The van der Waals surface area contributed by atoms with Gasteiger partial charge in [-0.25, -0.2) is 8.78 Å². The van der Waals surface area contributed by atoms with E-state index in [1.54, 1.807) is 0 Å². The molecule has 0 aliphatic carbocycles. The molecule has 1 amide bonds. The standard InChI is InChI=1S/C8H7F2NO.C2H6/c1-4-2-5(9)3-6(7(4)10)8(11)12;1-2/h2-3H,1H3,(H2,11,12);1-2H3. The van der Waals surface area contributed by atoms with Crippen molar-refractivity contribution in [1.82, 2.24) is 0 Å². The van der Waals surface area contributed by atoms with Crippen molar-refractivity contribution >= 4 is 5.91 Å². The van der Waals surface area contributed by atoms with Crippen LogP contribution in [0.2, 0.25) is 0 Å². The summed E-state index contributed by atoms with van der Waals surface area (Å²) in [7, 11) is 0. The molecule has 1 aromatic carbocycles. The minimum Gasteiger partial charge on any atom is -0.366 e. The Balaban J connectivity index is 0.000000791. The predicted molar refractivity (Wildman–Crippen MR) is 51.0 cm³/mol. The highest BCUT2D eigenvalue weighted by Crippen LogP contribution is 2.13. The van der Waals surface area contributed by atoms with Crippen LogP contribution in [0.15, 0.2) is 12.1 Å². The Labute approximate surface area is 81.7 Å². The van der Waals surface area contributed by atoms with Crippen LogP contribution in [-0.2, 0) is 0 Å². The SMILES string of the molecule is CC.Cc1cc(F)cc(C(N)=O)c1F. The van der Waals surface area contributed by atoms with Gasteiger partial charge in [0.15, 0.2) is 0 Å². The summed E-state index contributed by atoms with van der Waals surface area (Å²) in [5.41, 5.74) is 4.47. The average molecular weight is 201 g/mol. The molecule has 2 N–H and O–H groups in total. The van der Waals surface area contributed by atoms with E-state index in [4.69, 9.17) is 5.73 Å². The lowest BCUT2D eigenvalue weighted by atomic mass is 10.1. The lowest BCUT2D eigenvalue weighted by molar-refractivity contribution is 0.0996. The molecule has 0 unspecified atom stereocenters. The third-order valence-electron chi connectivity index (χ3n) is 1.48. The second-order valence-electron chi connectivity index (χ2n) is 2.45. The maximum atomic E-state index is 13.0. The van der Waals surface area contributed by atoms with Crippen LogP contribution in [0.3, 0.4) is 0 Å². The van der Waals surface area contributed by atoms with Crippen LogP contribution in [0.4, 0.5) is 8.78 Å². The molecule has 0 radical (unpaired) electrons. The van der Waals surface area contributed by atoms with Crippen LogP contribution in [0, 0.1) is 18.6 Å². The first kappa shape index (κ1) is 12.6. The van der Waals surface area contributed by atoms with E-state index in [-0.39, 0.29) is 5.56 Å². The Morgan fingerprint density at radius 2 is 1.79 bits per heavy atom. The van der Waals surface area contributed by atoms with Crippen molar-refractivity contribution < 1.29 is 13.6 Å². The maximum absolute atomic E-state index is 13.0. The molecule has 0 saturated carbocycles. The summed E-state index contributed by atoms with van der Waals surface area (Å²) < 4.78 is 25.6. The van der Waals surface area contributed by atoms with E-state index in [1.807, 2.05) is 13.8 Å². The van der Waals surface area contributed by atoms with Gasteiger partial charge < -0.3 is 5.73 Å². The van der Waals surface area contributed by atoms with Crippen LogP contribution < -0.4 is 5.73 Å². The van der Waals surface area contributed by atoms with Gasteiger partial charge in [0, 0.05) is 0 Å². The summed E-state index contributed by atoms with van der Waals surface area (Å²) in [4.78, 5) is 10.5. The van der Waals surface area contributed by atoms with Gasteiger partial charge in [-0.2, -0.15) is 0 Å². The maximum Gasteiger partial charge on any atom is 0.251 e. The Kier molecular flexibility index (Phi) is 4.77. The van der Waals surface area contributed by atoms with Crippen LogP contribution >= 0.6 is 0 Å². The number of hydrogen-bond acceptors (Lipinski definition) is 1. The van der Waals surface area contributed by atoms with Gasteiger partial charge in [-0.3, -0.25) is 4.79 Å². The topological polar surface area (TPSA) is 43.1 Å². The van der Waals surface area contributed by atoms with Crippen molar-refractivity contribution in [3.05, 3.63) is 34.9 Å². The highest BCUT2D eigenvalue weighted by Gasteiger charge is 2.11. The van der Waals surface area contributed by atoms with E-state index in [0.29, 0.717) is 0 Å². The number of halogens is 2. The third-order valence-corrected chi connectivity index (χ3v) is 1.48. The van der Waals surface area contributed by atoms with Crippen LogP contribution in [0.5, 0.6) is 0 Å². The molecule has 0 heterocycles. The Bertz CT molecular complexity index is 337. The molecule has 0 aliphatic heterocycles. The summed E-state index contributed by atoms with van der Waals surface area (Å²) >= 11 is 0. The van der Waals surface area contributed by atoms with E-state index in [9.17, 15) is 13.6 Å². The van der Waals surface area contributed by atoms with E-state index in [1.165, 1.54) is 6.92 Å². The zero-order valence-corrected chi connectivity index (χ0v) is 8.40. The Morgan fingerprint density at radius 3 is 2.21 bits per heavy atom. The second kappa shape index (κ2) is 5.32. The first-order chi connectivity index (χ1) is 6.52. The molecule has 0 saturated heterocycles. The monoisotopic (exact) mass is 201 g/mol. The first-order valence-corrected chi connectivity index (χ1v) is 4.28. The van der Waals surface area contributed by atoms with Crippen molar-refractivity contribution in [3.8, 4) is 0 Å². The van der Waals surface area contributed by atoms with Gasteiger partial charge in [0.2, 0.25) is 0 Å². The summed E-state index contributed by atoms with van der Waals surface area (Å²) in [6, 6.07) is 1.78. The molecule has 0 spiro atoms. The van der Waals surface area contributed by atoms with Gasteiger partial charge in [-0.15, -0.1) is 0 Å². The Hall–Kier alpha value is -1.45. The van der Waals surface area contributed by atoms with E-state index in [2.05, 4.69) is 0 Å². The molecule has 0 fully saturated rings. The summed E-state index contributed by atoms with van der Waals surface area (Å²) in [5, 5.41) is 0. The first-order valence-electron chi connectivity index (χ1n) is 4.28. The zero-order chi connectivity index (χ0) is 11.3. The molecular formula is C10H13F2NO. The fraction of sp³-hybridized carbons (Fsp3) is 0.300. The zero-order valence-electron chi connectivity index (χ0n) is 8.40. The molecule has 0 bridgehead atoms. The molecule has 0 atom stereocenters.